The highest BCUT2D eigenvalue weighted by Gasteiger charge is 2.24. The largest absolute Gasteiger partial charge is 0.422 e. The van der Waals surface area contributed by atoms with E-state index in [1.807, 2.05) is 109 Å². The molecule has 434 valence electrons. The Balaban J connectivity index is 1.05. The molecule has 14 rings (SSSR count). The minimum absolute atomic E-state index is 0.102. The summed E-state index contributed by atoms with van der Waals surface area (Å²) in [6, 6.07) is 59.5. The fourth-order valence-corrected chi connectivity index (χ4v) is 12.6. The third kappa shape index (κ3) is 9.72. The highest BCUT2D eigenvalue weighted by molar-refractivity contribution is 6.10. The third-order valence-electron chi connectivity index (χ3n) is 17.8. The fraction of sp³-hybridized carbons (Fsp3) is 0.200. The van der Waals surface area contributed by atoms with Crippen LogP contribution in [0, 0.1) is 0 Å². The van der Waals surface area contributed by atoms with Crippen LogP contribution in [0.5, 0.6) is 0 Å². The molecular formula is C80H66O8. The number of benzene rings is 10. The molecule has 10 aromatic carbocycles. The predicted molar refractivity (Wildman–Crippen MR) is 363 cm³/mol. The van der Waals surface area contributed by atoms with Crippen LogP contribution in [-0.4, -0.2) is 0 Å². The van der Waals surface area contributed by atoms with Crippen molar-refractivity contribution in [2.24, 2.45) is 0 Å². The van der Waals surface area contributed by atoms with Crippen molar-refractivity contribution in [2.45, 2.75) is 105 Å². The summed E-state index contributed by atoms with van der Waals surface area (Å²) in [5, 5.41) is 10.6. The average molecular weight is 1160 g/mol. The zero-order chi connectivity index (χ0) is 61.7. The second kappa shape index (κ2) is 19.8. The molecule has 4 heterocycles. The molecule has 0 N–H and O–H groups in total. The summed E-state index contributed by atoms with van der Waals surface area (Å²) in [5.74, 6) is 0. The van der Waals surface area contributed by atoms with E-state index in [-0.39, 0.29) is 43.9 Å². The molecule has 0 saturated heterocycles. The maximum absolute atomic E-state index is 14.7. The van der Waals surface area contributed by atoms with Crippen molar-refractivity contribution in [1.29, 1.82) is 0 Å². The van der Waals surface area contributed by atoms with Gasteiger partial charge in [-0.1, -0.05) is 180 Å². The van der Waals surface area contributed by atoms with Crippen molar-refractivity contribution >= 4 is 87.0 Å². The first kappa shape index (κ1) is 55.9. The van der Waals surface area contributed by atoms with E-state index in [9.17, 15) is 19.2 Å². The van der Waals surface area contributed by atoms with Gasteiger partial charge in [-0.05, 0) is 205 Å². The molecule has 4 aromatic heterocycles. The van der Waals surface area contributed by atoms with E-state index in [4.69, 9.17) is 17.7 Å². The zero-order valence-electron chi connectivity index (χ0n) is 51.6. The summed E-state index contributed by atoms with van der Waals surface area (Å²) in [6.07, 6.45) is 0. The molecule has 0 spiro atoms. The van der Waals surface area contributed by atoms with Crippen molar-refractivity contribution in [3.63, 3.8) is 0 Å². The molecule has 14 aromatic rings. The molecule has 0 aliphatic rings. The lowest BCUT2D eigenvalue weighted by Gasteiger charge is -2.20. The summed E-state index contributed by atoms with van der Waals surface area (Å²) in [6.45, 7) is 26.1. The van der Waals surface area contributed by atoms with Crippen LogP contribution in [-0.2, 0) is 21.7 Å². The van der Waals surface area contributed by atoms with Gasteiger partial charge >= 0.3 is 22.5 Å². The van der Waals surface area contributed by atoms with Crippen LogP contribution < -0.4 is 22.5 Å². The van der Waals surface area contributed by atoms with Crippen molar-refractivity contribution in [3.05, 3.63) is 246 Å². The second-order valence-corrected chi connectivity index (χ2v) is 28.0. The van der Waals surface area contributed by atoms with Gasteiger partial charge in [0.05, 0.1) is 22.3 Å². The first-order chi connectivity index (χ1) is 41.7. The summed E-state index contributed by atoms with van der Waals surface area (Å²) >= 11 is 0. The Morgan fingerprint density at radius 2 is 0.420 bits per heavy atom. The molecule has 0 aliphatic heterocycles. The minimum Gasteiger partial charge on any atom is -0.422 e. The Morgan fingerprint density at radius 3 is 0.625 bits per heavy atom. The van der Waals surface area contributed by atoms with E-state index >= 15 is 0 Å². The van der Waals surface area contributed by atoms with Gasteiger partial charge in [-0.2, -0.15) is 0 Å². The van der Waals surface area contributed by atoms with E-state index in [0.29, 0.717) is 55.7 Å². The number of hydrogen-bond donors (Lipinski definition) is 0. The van der Waals surface area contributed by atoms with E-state index < -0.39 is 22.5 Å². The monoisotopic (exact) mass is 1150 g/mol. The Morgan fingerprint density at radius 1 is 0.216 bits per heavy atom. The van der Waals surface area contributed by atoms with Crippen molar-refractivity contribution < 1.29 is 17.7 Å². The molecule has 8 heteroatoms. The highest BCUT2D eigenvalue weighted by atomic mass is 16.4. The zero-order valence-corrected chi connectivity index (χ0v) is 51.6. The van der Waals surface area contributed by atoms with Crippen LogP contribution in [0.1, 0.15) is 105 Å². The van der Waals surface area contributed by atoms with Crippen LogP contribution in [0.4, 0.5) is 0 Å². The molecule has 0 atom stereocenters. The molecule has 0 saturated carbocycles. The summed E-state index contributed by atoms with van der Waals surface area (Å²) in [7, 11) is 0. The summed E-state index contributed by atoms with van der Waals surface area (Å²) in [5.41, 5.74) is 7.71. The van der Waals surface area contributed by atoms with Gasteiger partial charge in [0.25, 0.3) is 0 Å². The summed E-state index contributed by atoms with van der Waals surface area (Å²) < 4.78 is 25.0. The van der Waals surface area contributed by atoms with Gasteiger partial charge < -0.3 is 17.7 Å². The minimum atomic E-state index is -0.576. The van der Waals surface area contributed by atoms with Crippen LogP contribution in [0.2, 0.25) is 0 Å². The maximum atomic E-state index is 14.7. The standard InChI is InChI=1S/C80H66O8/c1-77(2,3)53-17-21-57-43(35-53)13-25-69-65(57)39-61(73(81)85-69)49-29-47(30-50(33-49)62-40-66-58-22-18-54(78(4,5)6)36-44(58)14-26-70(66)86-74(62)82)48-31-51(63-41-67-59-23-19-55(79(7,8)9)37-45(59)15-27-71(67)87-75(63)83)34-52(32-48)64-42-68-60-24-20-56(80(10,11)12)38-46(60)16-28-72(68)88-76(64)84/h13-42H,1-12H3. The van der Waals surface area contributed by atoms with E-state index in [0.717, 1.165) is 64.6 Å². The third-order valence-corrected chi connectivity index (χ3v) is 17.8. The topological polar surface area (TPSA) is 121 Å². The molecule has 0 amide bonds. The predicted octanol–water partition coefficient (Wildman–Crippen LogP) is 20.3. The second-order valence-electron chi connectivity index (χ2n) is 28.0. The van der Waals surface area contributed by atoms with Crippen LogP contribution in [0.25, 0.3) is 143 Å². The van der Waals surface area contributed by atoms with E-state index in [1.54, 1.807) is 0 Å². The quantitative estimate of drug-likeness (QED) is 0.123. The first-order valence-electron chi connectivity index (χ1n) is 30.1. The highest BCUT2D eigenvalue weighted by Crippen LogP contribution is 2.42. The molecule has 0 bridgehead atoms. The number of rotatable bonds is 5. The SMILES string of the molecule is CC(C)(C)c1ccc2c(ccc3oc(=O)c(-c4cc(-c5cc(-c6cc7c(ccc8cc(C(C)(C)C)ccc87)oc6=O)cc(-c6cc7c(ccc8cc(C(C)(C)C)ccc87)oc6=O)c5)cc(-c5cc6c(ccc7cc(C(C)(C)C)ccc76)oc5=O)c4)cc32)c1. The Labute approximate surface area is 508 Å². The van der Waals surface area contributed by atoms with Gasteiger partial charge in [-0.3, -0.25) is 0 Å². The number of hydrogen-bond acceptors (Lipinski definition) is 8. The Bertz CT molecular complexity index is 4900. The lowest BCUT2D eigenvalue weighted by atomic mass is 9.85. The van der Waals surface area contributed by atoms with Gasteiger partial charge in [-0.15, -0.1) is 0 Å². The number of fused-ring (bicyclic) bond motifs is 12. The molecule has 0 aliphatic carbocycles. The Kier molecular flexibility index (Phi) is 12.6. The van der Waals surface area contributed by atoms with Crippen molar-refractivity contribution in [2.75, 3.05) is 0 Å². The van der Waals surface area contributed by atoms with Gasteiger partial charge in [-0.25, -0.2) is 19.2 Å². The van der Waals surface area contributed by atoms with Crippen LogP contribution in [0.15, 0.2) is 219 Å². The van der Waals surface area contributed by atoms with Gasteiger partial charge in [0.15, 0.2) is 0 Å². The molecular weight excluding hydrogens is 1090 g/mol. The van der Waals surface area contributed by atoms with Crippen molar-refractivity contribution in [1.82, 2.24) is 0 Å². The normalized spacial score (nSPS) is 12.7. The lowest BCUT2D eigenvalue weighted by molar-refractivity contribution is 0.563. The molecule has 0 fully saturated rings. The first-order valence-corrected chi connectivity index (χ1v) is 30.1. The average Bonchev–Trinajstić information content (AvgIpc) is 1.03. The molecule has 88 heavy (non-hydrogen) atoms. The smallest absolute Gasteiger partial charge is 0.344 e. The van der Waals surface area contributed by atoms with Crippen LogP contribution >= 0.6 is 0 Å². The van der Waals surface area contributed by atoms with Gasteiger partial charge in [0.1, 0.15) is 22.3 Å². The molecule has 8 nitrogen and oxygen atoms in total. The van der Waals surface area contributed by atoms with E-state index in [1.165, 1.54) is 22.3 Å². The van der Waals surface area contributed by atoms with Gasteiger partial charge in [0, 0.05) is 21.5 Å². The molecule has 0 radical (unpaired) electrons. The Hall–Kier alpha value is -9.92. The van der Waals surface area contributed by atoms with Crippen LogP contribution in [0.3, 0.4) is 0 Å². The van der Waals surface area contributed by atoms with E-state index in [2.05, 4.69) is 156 Å². The fourth-order valence-electron chi connectivity index (χ4n) is 12.6. The van der Waals surface area contributed by atoms with Gasteiger partial charge in [0.2, 0.25) is 0 Å². The molecule has 0 unspecified atom stereocenters. The maximum Gasteiger partial charge on any atom is 0.344 e. The lowest BCUT2D eigenvalue weighted by Crippen LogP contribution is -2.10. The summed E-state index contributed by atoms with van der Waals surface area (Å²) in [4.78, 5) is 58.8. The van der Waals surface area contributed by atoms with Crippen molar-refractivity contribution in [3.8, 4) is 55.6 Å².